The van der Waals surface area contributed by atoms with Crippen molar-refractivity contribution in [3.05, 3.63) is 56.4 Å². The lowest BCUT2D eigenvalue weighted by atomic mass is 10.3. The molecule has 0 saturated heterocycles. The van der Waals surface area contributed by atoms with Crippen LogP contribution in [0.4, 0.5) is 10.1 Å². The van der Waals surface area contributed by atoms with E-state index in [4.69, 9.17) is 11.6 Å². The summed E-state index contributed by atoms with van der Waals surface area (Å²) in [6.45, 7) is 1.33. The van der Waals surface area contributed by atoms with Crippen molar-refractivity contribution in [2.75, 3.05) is 32.1 Å². The van der Waals surface area contributed by atoms with Gasteiger partial charge in [-0.2, -0.15) is 0 Å². The predicted octanol–water partition coefficient (Wildman–Crippen LogP) is 4.92. The first kappa shape index (κ1) is 21.4. The highest BCUT2D eigenvalue weighted by Crippen LogP contribution is 2.33. The van der Waals surface area contributed by atoms with E-state index in [-0.39, 0.29) is 10.9 Å². The summed E-state index contributed by atoms with van der Waals surface area (Å²) in [7, 11) is 3.96. The number of para-hydroxylation sites is 1. The smallest absolute Gasteiger partial charge is 0.309 e. The molecule has 152 valence electrons. The Bertz CT molecular complexity index is 1060. The average molecular weight is 451 g/mol. The molecule has 0 aliphatic carbocycles. The van der Waals surface area contributed by atoms with E-state index in [0.29, 0.717) is 27.1 Å². The molecule has 0 aliphatic rings. The zero-order valence-corrected chi connectivity index (χ0v) is 18.3. The van der Waals surface area contributed by atoms with Gasteiger partial charge in [0.15, 0.2) is 5.13 Å². The van der Waals surface area contributed by atoms with Gasteiger partial charge < -0.3 is 4.90 Å². The number of nitro groups is 1. The second kappa shape index (κ2) is 9.45. The number of hydrogen-bond acceptors (Lipinski definition) is 7. The Hall–Kier alpha value is -2.33. The summed E-state index contributed by atoms with van der Waals surface area (Å²) in [4.78, 5) is 32.2. The Morgan fingerprint density at radius 1 is 1.24 bits per heavy atom. The van der Waals surface area contributed by atoms with Crippen molar-refractivity contribution in [1.29, 1.82) is 0 Å². The zero-order chi connectivity index (χ0) is 21.0. The van der Waals surface area contributed by atoms with Crippen molar-refractivity contribution in [2.45, 2.75) is 6.42 Å². The van der Waals surface area contributed by atoms with Crippen LogP contribution in [0.25, 0.3) is 16.3 Å². The predicted molar refractivity (Wildman–Crippen MR) is 120 cm³/mol. The van der Waals surface area contributed by atoms with Gasteiger partial charge in [-0.05, 0) is 51.3 Å². The van der Waals surface area contributed by atoms with Gasteiger partial charge in [0.1, 0.15) is 5.52 Å². The van der Waals surface area contributed by atoms with E-state index in [9.17, 15) is 14.9 Å². The van der Waals surface area contributed by atoms with Crippen molar-refractivity contribution < 1.29 is 9.72 Å². The minimum atomic E-state index is -0.442. The van der Waals surface area contributed by atoms with Crippen molar-refractivity contribution in [3.63, 3.8) is 0 Å². The van der Waals surface area contributed by atoms with Crippen LogP contribution in [0.2, 0.25) is 5.02 Å². The summed E-state index contributed by atoms with van der Waals surface area (Å²) in [6, 6.07) is 8.61. The maximum absolute atomic E-state index is 12.9. The highest BCUT2D eigenvalue weighted by Gasteiger charge is 2.19. The summed E-state index contributed by atoms with van der Waals surface area (Å²) in [6.07, 6.45) is 3.80. The van der Waals surface area contributed by atoms with Crippen molar-refractivity contribution in [2.24, 2.45) is 0 Å². The molecule has 0 fully saturated rings. The Kier molecular flexibility index (Phi) is 6.96. The van der Waals surface area contributed by atoms with E-state index in [1.165, 1.54) is 23.5 Å². The number of carbonyl (C=O) groups excluding carboxylic acids is 1. The average Bonchev–Trinajstić information content (AvgIpc) is 3.31. The lowest BCUT2D eigenvalue weighted by molar-refractivity contribution is -0.380. The van der Waals surface area contributed by atoms with Crippen LogP contribution in [0.3, 0.4) is 0 Å². The van der Waals surface area contributed by atoms with Crippen LogP contribution in [0.5, 0.6) is 0 Å². The molecular formula is C19H19ClN4O3S2. The number of halogens is 1. The van der Waals surface area contributed by atoms with Crippen LogP contribution in [0, 0.1) is 10.1 Å². The fourth-order valence-electron chi connectivity index (χ4n) is 2.64. The summed E-state index contributed by atoms with van der Waals surface area (Å²) in [5.41, 5.74) is 0.678. The summed E-state index contributed by atoms with van der Waals surface area (Å²) in [5.74, 6) is -0.227. The third-order valence-corrected chi connectivity index (χ3v) is 6.38. The highest BCUT2D eigenvalue weighted by molar-refractivity contribution is 7.22. The molecule has 3 aromatic rings. The molecule has 2 aromatic heterocycles. The largest absolute Gasteiger partial charge is 0.324 e. The third-order valence-electron chi connectivity index (χ3n) is 4.03. The first-order valence-electron chi connectivity index (χ1n) is 8.79. The molecule has 0 saturated carbocycles. The van der Waals surface area contributed by atoms with Crippen LogP contribution >= 0.6 is 34.3 Å². The Morgan fingerprint density at radius 2 is 2.03 bits per heavy atom. The van der Waals surface area contributed by atoms with Crippen LogP contribution < -0.4 is 4.90 Å². The molecule has 3 rings (SSSR count). The first-order valence-corrected chi connectivity index (χ1v) is 10.8. The second-order valence-electron chi connectivity index (χ2n) is 6.50. The second-order valence-corrected chi connectivity index (χ2v) is 9.01. The van der Waals surface area contributed by atoms with Crippen LogP contribution in [0.1, 0.15) is 11.3 Å². The minimum absolute atomic E-state index is 0.0424. The number of thiophene rings is 1. The number of aromatic nitrogens is 1. The van der Waals surface area contributed by atoms with Crippen LogP contribution in [0.15, 0.2) is 36.4 Å². The third kappa shape index (κ3) is 5.39. The van der Waals surface area contributed by atoms with Gasteiger partial charge in [0.05, 0.1) is 14.6 Å². The number of nitrogens with zero attached hydrogens (tertiary/aromatic N) is 4. The Balaban J connectivity index is 1.84. The van der Waals surface area contributed by atoms with E-state index in [2.05, 4.69) is 9.88 Å². The number of amides is 1. The quantitative estimate of drug-likeness (QED) is 0.276. The number of benzene rings is 1. The fraction of sp³-hybridized carbons (Fsp3) is 0.263. The van der Waals surface area contributed by atoms with Gasteiger partial charge in [0.2, 0.25) is 0 Å². The normalized spacial score (nSPS) is 11.6. The molecule has 0 atom stereocenters. The molecule has 10 heteroatoms. The Morgan fingerprint density at radius 3 is 2.69 bits per heavy atom. The van der Waals surface area contributed by atoms with Gasteiger partial charge in [-0.25, -0.2) is 4.98 Å². The number of anilines is 1. The van der Waals surface area contributed by atoms with Crippen molar-refractivity contribution >= 4 is 66.6 Å². The highest BCUT2D eigenvalue weighted by atomic mass is 35.5. The summed E-state index contributed by atoms with van der Waals surface area (Å²) >= 11 is 8.67. The van der Waals surface area contributed by atoms with Crippen LogP contribution in [-0.2, 0) is 4.79 Å². The molecule has 1 aromatic carbocycles. The standard InChI is InChI=1S/C19H19ClN4O3S2/c1-22(2)11-4-12-23(19-21-18-14(20)5-3-6-15(18)29-19)16(25)9-7-13-8-10-17(28-13)24(26)27/h3,5-10H,4,11-12H2,1-2H3. The van der Waals surface area contributed by atoms with E-state index in [0.717, 1.165) is 29.0 Å². The molecule has 0 bridgehead atoms. The minimum Gasteiger partial charge on any atom is -0.309 e. The SMILES string of the molecule is CN(C)CCCN(C(=O)C=Cc1ccc([N+](=O)[O-])s1)c1nc2c(Cl)cccc2s1. The van der Waals surface area contributed by atoms with Gasteiger partial charge in [0.25, 0.3) is 5.91 Å². The maximum atomic E-state index is 12.9. The summed E-state index contributed by atoms with van der Waals surface area (Å²) in [5, 5.41) is 12.0. The zero-order valence-electron chi connectivity index (χ0n) is 15.9. The van der Waals surface area contributed by atoms with Crippen LogP contribution in [-0.4, -0.2) is 47.9 Å². The molecule has 0 radical (unpaired) electrons. The molecule has 0 N–H and O–H groups in total. The molecule has 0 unspecified atom stereocenters. The number of rotatable bonds is 8. The van der Waals surface area contributed by atoms with E-state index < -0.39 is 4.92 Å². The monoisotopic (exact) mass is 450 g/mol. The van der Waals surface area contributed by atoms with Gasteiger partial charge >= 0.3 is 5.00 Å². The summed E-state index contributed by atoms with van der Waals surface area (Å²) < 4.78 is 0.913. The number of carbonyl (C=O) groups is 1. The molecule has 7 nitrogen and oxygen atoms in total. The lowest BCUT2D eigenvalue weighted by Crippen LogP contribution is -2.32. The maximum Gasteiger partial charge on any atom is 0.324 e. The van der Waals surface area contributed by atoms with Gasteiger partial charge in [-0.3, -0.25) is 19.8 Å². The fourth-order valence-corrected chi connectivity index (χ4v) is 4.66. The van der Waals surface area contributed by atoms with E-state index in [1.54, 1.807) is 23.1 Å². The van der Waals surface area contributed by atoms with E-state index >= 15 is 0 Å². The number of fused-ring (bicyclic) bond motifs is 1. The Labute approximate surface area is 181 Å². The first-order chi connectivity index (χ1) is 13.8. The molecule has 0 spiro atoms. The molecule has 1 amide bonds. The van der Waals surface area contributed by atoms with Crippen molar-refractivity contribution in [3.8, 4) is 0 Å². The van der Waals surface area contributed by atoms with E-state index in [1.807, 2.05) is 26.2 Å². The molecule has 2 heterocycles. The number of hydrogen-bond donors (Lipinski definition) is 0. The number of thiazole rings is 1. The van der Waals surface area contributed by atoms with Gasteiger partial charge in [-0.15, -0.1) is 0 Å². The lowest BCUT2D eigenvalue weighted by Gasteiger charge is -2.19. The molecule has 29 heavy (non-hydrogen) atoms. The van der Waals surface area contributed by atoms with Crippen molar-refractivity contribution in [1.82, 2.24) is 9.88 Å². The molecule has 0 aliphatic heterocycles. The van der Waals surface area contributed by atoms with Gasteiger partial charge in [0, 0.05) is 23.6 Å². The molecular weight excluding hydrogens is 432 g/mol. The topological polar surface area (TPSA) is 79.6 Å². The van der Waals surface area contributed by atoms with Gasteiger partial charge in [-0.1, -0.05) is 40.3 Å².